The van der Waals surface area contributed by atoms with Crippen molar-refractivity contribution in [2.24, 2.45) is 0 Å². The van der Waals surface area contributed by atoms with Gasteiger partial charge in [-0.05, 0) is 75.1 Å². The number of aryl methyl sites for hydroxylation is 4. The number of nitrogens with zero attached hydrogens (tertiary/aromatic N) is 2. The predicted octanol–water partition coefficient (Wildman–Crippen LogP) is 5.73. The Morgan fingerprint density at radius 2 is 1.47 bits per heavy atom. The van der Waals surface area contributed by atoms with Gasteiger partial charge in [-0.1, -0.05) is 54.1 Å². The molecule has 0 radical (unpaired) electrons. The largest absolute Gasteiger partial charge is 0.337 e. The SMILES string of the molecule is CCN(C1=C(c2ccc(C)c(C)c2)C(=O)N(c2ccc(C)cc2C)C1=O)c1ccccc1. The third-order valence-electron chi connectivity index (χ3n) is 6.10. The molecule has 4 heteroatoms. The van der Waals surface area contributed by atoms with Gasteiger partial charge >= 0.3 is 0 Å². The predicted molar refractivity (Wildman–Crippen MR) is 131 cm³/mol. The first-order valence-corrected chi connectivity index (χ1v) is 10.9. The Hall–Kier alpha value is -3.66. The summed E-state index contributed by atoms with van der Waals surface area (Å²) >= 11 is 0. The number of hydrogen-bond acceptors (Lipinski definition) is 3. The highest BCUT2D eigenvalue weighted by Gasteiger charge is 2.43. The first-order chi connectivity index (χ1) is 15.3. The van der Waals surface area contributed by atoms with Crippen LogP contribution < -0.4 is 9.80 Å². The van der Waals surface area contributed by atoms with Crippen LogP contribution in [0.1, 0.15) is 34.7 Å². The molecule has 0 saturated heterocycles. The molecule has 0 saturated carbocycles. The van der Waals surface area contributed by atoms with Crippen molar-refractivity contribution >= 4 is 28.8 Å². The van der Waals surface area contributed by atoms with Gasteiger partial charge in [-0.2, -0.15) is 0 Å². The van der Waals surface area contributed by atoms with Crippen molar-refractivity contribution in [1.29, 1.82) is 0 Å². The Balaban J connectivity index is 1.94. The van der Waals surface area contributed by atoms with Crippen molar-refractivity contribution in [1.82, 2.24) is 0 Å². The fraction of sp³-hybridized carbons (Fsp3) is 0.214. The second kappa shape index (κ2) is 8.46. The van der Waals surface area contributed by atoms with Gasteiger partial charge in [0, 0.05) is 12.2 Å². The summed E-state index contributed by atoms with van der Waals surface area (Å²) in [6.07, 6.45) is 0. The van der Waals surface area contributed by atoms with Crippen molar-refractivity contribution in [3.8, 4) is 0 Å². The summed E-state index contributed by atoms with van der Waals surface area (Å²) in [7, 11) is 0. The minimum Gasteiger partial charge on any atom is -0.337 e. The molecule has 0 unspecified atom stereocenters. The number of likely N-dealkylation sites (N-methyl/N-ethyl adjacent to an activating group) is 1. The molecule has 4 rings (SSSR count). The Morgan fingerprint density at radius 1 is 0.750 bits per heavy atom. The molecular weight excluding hydrogens is 396 g/mol. The van der Waals surface area contributed by atoms with Gasteiger partial charge in [-0.3, -0.25) is 9.59 Å². The molecule has 2 amide bonds. The van der Waals surface area contributed by atoms with Gasteiger partial charge < -0.3 is 4.90 Å². The summed E-state index contributed by atoms with van der Waals surface area (Å²) in [5, 5.41) is 0. The molecule has 4 nitrogen and oxygen atoms in total. The lowest BCUT2D eigenvalue weighted by molar-refractivity contribution is -0.120. The van der Waals surface area contributed by atoms with Crippen molar-refractivity contribution in [3.63, 3.8) is 0 Å². The quantitative estimate of drug-likeness (QED) is 0.491. The van der Waals surface area contributed by atoms with Crippen LogP contribution in [0.2, 0.25) is 0 Å². The van der Waals surface area contributed by atoms with Crippen molar-refractivity contribution in [2.75, 3.05) is 16.3 Å². The zero-order valence-electron chi connectivity index (χ0n) is 19.3. The molecular formula is C28H28N2O2. The molecule has 162 valence electrons. The third kappa shape index (κ3) is 3.62. The zero-order chi connectivity index (χ0) is 23.0. The highest BCUT2D eigenvalue weighted by molar-refractivity contribution is 6.46. The molecule has 0 aromatic heterocycles. The monoisotopic (exact) mass is 424 g/mol. The van der Waals surface area contributed by atoms with E-state index in [0.717, 1.165) is 33.5 Å². The van der Waals surface area contributed by atoms with Crippen molar-refractivity contribution < 1.29 is 9.59 Å². The van der Waals surface area contributed by atoms with Crippen LogP contribution in [0.5, 0.6) is 0 Å². The Morgan fingerprint density at radius 3 is 2.09 bits per heavy atom. The molecule has 0 fully saturated rings. The summed E-state index contributed by atoms with van der Waals surface area (Å²) < 4.78 is 0. The van der Waals surface area contributed by atoms with Gasteiger partial charge in [0.2, 0.25) is 0 Å². The van der Waals surface area contributed by atoms with Gasteiger partial charge in [0.15, 0.2) is 0 Å². The summed E-state index contributed by atoms with van der Waals surface area (Å²) in [4.78, 5) is 31.0. The molecule has 0 bridgehead atoms. The fourth-order valence-electron chi connectivity index (χ4n) is 4.28. The molecule has 3 aromatic carbocycles. The van der Waals surface area contributed by atoms with Gasteiger partial charge in [0.25, 0.3) is 11.8 Å². The second-order valence-corrected chi connectivity index (χ2v) is 8.34. The highest BCUT2D eigenvalue weighted by atomic mass is 16.2. The Labute approximate surface area is 189 Å². The van der Waals surface area contributed by atoms with Gasteiger partial charge in [-0.25, -0.2) is 4.90 Å². The van der Waals surface area contributed by atoms with Crippen molar-refractivity contribution in [2.45, 2.75) is 34.6 Å². The Bertz CT molecular complexity index is 1240. The average Bonchev–Trinajstić information content (AvgIpc) is 3.02. The number of rotatable bonds is 5. The summed E-state index contributed by atoms with van der Waals surface area (Å²) in [6.45, 7) is 10.6. The first-order valence-electron chi connectivity index (χ1n) is 10.9. The number of para-hydroxylation sites is 1. The number of carbonyl (C=O) groups excluding carboxylic acids is 2. The lowest BCUT2D eigenvalue weighted by Crippen LogP contribution is -2.35. The van der Waals surface area contributed by atoms with E-state index in [9.17, 15) is 9.59 Å². The number of amides is 2. The van der Waals surface area contributed by atoms with E-state index in [2.05, 4.69) is 0 Å². The summed E-state index contributed by atoms with van der Waals surface area (Å²) in [5.74, 6) is -0.574. The van der Waals surface area contributed by atoms with Gasteiger partial charge in [0.05, 0.1) is 11.3 Å². The van der Waals surface area contributed by atoms with Crippen LogP contribution in [0, 0.1) is 27.7 Å². The number of benzene rings is 3. The molecule has 0 N–H and O–H groups in total. The van der Waals surface area contributed by atoms with Crippen LogP contribution in [-0.4, -0.2) is 18.4 Å². The van der Waals surface area contributed by atoms with Crippen LogP contribution in [0.3, 0.4) is 0 Å². The normalized spacial score (nSPS) is 13.8. The third-order valence-corrected chi connectivity index (χ3v) is 6.10. The number of hydrogen-bond donors (Lipinski definition) is 0. The van der Waals surface area contributed by atoms with E-state index in [-0.39, 0.29) is 11.8 Å². The minimum absolute atomic E-state index is 0.283. The standard InChI is InChI=1S/C28H28N2O2/c1-6-29(23-10-8-7-9-11-23)26-25(22-14-13-19(3)20(4)17-22)27(31)30(28(26)32)24-15-12-18(2)16-21(24)5/h7-17H,6H2,1-5H3. The topological polar surface area (TPSA) is 40.6 Å². The van der Waals surface area contributed by atoms with Crippen LogP contribution in [-0.2, 0) is 9.59 Å². The molecule has 0 atom stereocenters. The summed E-state index contributed by atoms with van der Waals surface area (Å²) in [5.41, 5.74) is 7.37. The number of carbonyl (C=O) groups is 2. The minimum atomic E-state index is -0.291. The zero-order valence-corrected chi connectivity index (χ0v) is 19.3. The van der Waals surface area contributed by atoms with E-state index in [0.29, 0.717) is 23.5 Å². The fourth-order valence-corrected chi connectivity index (χ4v) is 4.28. The smallest absolute Gasteiger partial charge is 0.282 e. The van der Waals surface area contributed by atoms with Crippen LogP contribution in [0.15, 0.2) is 72.4 Å². The van der Waals surface area contributed by atoms with E-state index in [1.165, 1.54) is 4.90 Å². The molecule has 32 heavy (non-hydrogen) atoms. The maximum atomic E-state index is 13.9. The van der Waals surface area contributed by atoms with E-state index < -0.39 is 0 Å². The molecule has 3 aromatic rings. The van der Waals surface area contributed by atoms with Gasteiger partial charge in [0.1, 0.15) is 5.70 Å². The molecule has 1 heterocycles. The maximum absolute atomic E-state index is 13.9. The van der Waals surface area contributed by atoms with Crippen LogP contribution in [0.25, 0.3) is 5.57 Å². The lowest BCUT2D eigenvalue weighted by atomic mass is 9.99. The maximum Gasteiger partial charge on any atom is 0.282 e. The van der Waals surface area contributed by atoms with E-state index in [1.54, 1.807) is 0 Å². The number of anilines is 2. The van der Waals surface area contributed by atoms with Crippen molar-refractivity contribution in [3.05, 3.63) is 100 Å². The molecule has 1 aliphatic heterocycles. The van der Waals surface area contributed by atoms with Crippen LogP contribution >= 0.6 is 0 Å². The molecule has 1 aliphatic rings. The van der Waals surface area contributed by atoms with E-state index >= 15 is 0 Å². The lowest BCUT2D eigenvalue weighted by Gasteiger charge is -2.25. The first kappa shape index (κ1) is 21.6. The van der Waals surface area contributed by atoms with E-state index in [1.807, 2.05) is 106 Å². The highest BCUT2D eigenvalue weighted by Crippen LogP contribution is 2.38. The second-order valence-electron chi connectivity index (χ2n) is 8.34. The number of imide groups is 1. The van der Waals surface area contributed by atoms with Gasteiger partial charge in [-0.15, -0.1) is 0 Å². The average molecular weight is 425 g/mol. The van der Waals surface area contributed by atoms with Crippen LogP contribution in [0.4, 0.5) is 11.4 Å². The van der Waals surface area contributed by atoms with E-state index in [4.69, 9.17) is 0 Å². The Kier molecular flexibility index (Phi) is 5.70. The molecule has 0 spiro atoms. The summed E-state index contributed by atoms with van der Waals surface area (Å²) in [6, 6.07) is 21.5. The molecule has 0 aliphatic carbocycles.